The number of hydrazine groups is 1. The fraction of sp³-hybridized carbons (Fsp3) is 0.400. The van der Waals surface area contributed by atoms with Crippen molar-refractivity contribution in [1.29, 1.82) is 0 Å². The number of aliphatic hydroxyl groups is 2. The zero-order chi connectivity index (χ0) is 11.1. The SMILES string of the molecule is NNC(O)(CCCO)Oc1ccccc1. The minimum Gasteiger partial charge on any atom is -0.448 e. The summed E-state index contributed by atoms with van der Waals surface area (Å²) in [5.74, 6) is 4.06. The molecule has 0 spiro atoms. The van der Waals surface area contributed by atoms with Crippen LogP contribution in [-0.4, -0.2) is 22.7 Å². The van der Waals surface area contributed by atoms with Crippen LogP contribution in [0.15, 0.2) is 30.3 Å². The van der Waals surface area contributed by atoms with Gasteiger partial charge in [0.25, 0.3) is 5.91 Å². The van der Waals surface area contributed by atoms with E-state index in [4.69, 9.17) is 15.7 Å². The van der Waals surface area contributed by atoms with Gasteiger partial charge in [-0.15, -0.1) is 0 Å². The van der Waals surface area contributed by atoms with Crippen molar-refractivity contribution in [2.24, 2.45) is 5.84 Å². The minimum atomic E-state index is -1.63. The fourth-order valence-electron chi connectivity index (χ4n) is 1.15. The summed E-state index contributed by atoms with van der Waals surface area (Å²) in [6, 6.07) is 8.84. The van der Waals surface area contributed by atoms with Crippen LogP contribution in [0.2, 0.25) is 0 Å². The first kappa shape index (κ1) is 11.9. The number of benzene rings is 1. The maximum Gasteiger partial charge on any atom is 0.280 e. The molecule has 0 aliphatic heterocycles. The Hall–Kier alpha value is -1.14. The Bertz CT molecular complexity index is 281. The third-order valence-corrected chi connectivity index (χ3v) is 1.93. The van der Waals surface area contributed by atoms with E-state index >= 15 is 0 Å². The zero-order valence-corrected chi connectivity index (χ0v) is 8.39. The van der Waals surface area contributed by atoms with Gasteiger partial charge in [0.15, 0.2) is 0 Å². The second-order valence-electron chi connectivity index (χ2n) is 3.17. The van der Waals surface area contributed by atoms with Crippen molar-refractivity contribution in [3.05, 3.63) is 30.3 Å². The van der Waals surface area contributed by atoms with Crippen LogP contribution in [0.25, 0.3) is 0 Å². The number of hydrogen-bond donors (Lipinski definition) is 4. The van der Waals surface area contributed by atoms with E-state index in [9.17, 15) is 5.11 Å². The Balaban J connectivity index is 2.59. The van der Waals surface area contributed by atoms with Crippen LogP contribution in [0.4, 0.5) is 0 Å². The van der Waals surface area contributed by atoms with Crippen LogP contribution >= 0.6 is 0 Å². The second-order valence-corrected chi connectivity index (χ2v) is 3.17. The molecule has 15 heavy (non-hydrogen) atoms. The van der Waals surface area contributed by atoms with Crippen LogP contribution in [0.5, 0.6) is 5.75 Å². The van der Waals surface area contributed by atoms with Crippen molar-refractivity contribution in [1.82, 2.24) is 5.43 Å². The molecule has 0 aliphatic rings. The topological polar surface area (TPSA) is 87.7 Å². The highest BCUT2D eigenvalue weighted by Crippen LogP contribution is 2.17. The van der Waals surface area contributed by atoms with E-state index in [0.29, 0.717) is 12.2 Å². The molecule has 1 aromatic rings. The highest BCUT2D eigenvalue weighted by molar-refractivity contribution is 5.21. The normalized spacial score (nSPS) is 14.6. The lowest BCUT2D eigenvalue weighted by molar-refractivity contribution is -0.170. The van der Waals surface area contributed by atoms with Gasteiger partial charge in [-0.25, -0.2) is 0 Å². The first-order valence-corrected chi connectivity index (χ1v) is 4.75. The van der Waals surface area contributed by atoms with E-state index < -0.39 is 5.91 Å². The number of para-hydroxylation sites is 1. The minimum absolute atomic E-state index is 0.0257. The molecular weight excluding hydrogens is 196 g/mol. The standard InChI is InChI=1S/C10H16N2O3/c11-12-10(14,7-4-8-13)15-9-5-2-1-3-6-9/h1-3,5-6,12-14H,4,7-8,11H2. The first-order valence-electron chi connectivity index (χ1n) is 4.75. The van der Waals surface area contributed by atoms with E-state index in [-0.39, 0.29) is 13.0 Å². The molecule has 84 valence electrons. The quantitative estimate of drug-likeness (QED) is 0.301. The second kappa shape index (κ2) is 5.67. The molecule has 0 heterocycles. The summed E-state index contributed by atoms with van der Waals surface area (Å²) in [6.45, 7) is -0.0257. The van der Waals surface area contributed by atoms with E-state index in [0.717, 1.165) is 0 Å². The van der Waals surface area contributed by atoms with Crippen LogP contribution < -0.4 is 16.0 Å². The molecule has 0 fully saturated rings. The van der Waals surface area contributed by atoms with Gasteiger partial charge in [-0.3, -0.25) is 5.84 Å². The lowest BCUT2D eigenvalue weighted by atomic mass is 10.2. The summed E-state index contributed by atoms with van der Waals surface area (Å²) in [4.78, 5) is 0. The molecule has 0 bridgehead atoms. The van der Waals surface area contributed by atoms with Crippen LogP contribution in [0.1, 0.15) is 12.8 Å². The summed E-state index contributed by atoms with van der Waals surface area (Å²) >= 11 is 0. The van der Waals surface area contributed by atoms with Crippen molar-refractivity contribution in [3.63, 3.8) is 0 Å². The predicted molar refractivity (Wildman–Crippen MR) is 55.7 cm³/mol. The molecule has 0 saturated heterocycles. The molecule has 1 rings (SSSR count). The van der Waals surface area contributed by atoms with Crippen LogP contribution in [0, 0.1) is 0 Å². The van der Waals surface area contributed by atoms with Gasteiger partial charge >= 0.3 is 0 Å². The predicted octanol–water partition coefficient (Wildman–Crippen LogP) is -0.0527. The largest absolute Gasteiger partial charge is 0.448 e. The lowest BCUT2D eigenvalue weighted by Gasteiger charge is -2.27. The van der Waals surface area contributed by atoms with Gasteiger partial charge in [-0.2, -0.15) is 5.43 Å². The Morgan fingerprint density at radius 3 is 2.53 bits per heavy atom. The highest BCUT2D eigenvalue weighted by atomic mass is 16.6. The van der Waals surface area contributed by atoms with Gasteiger partial charge in [0, 0.05) is 13.0 Å². The Morgan fingerprint density at radius 1 is 1.33 bits per heavy atom. The van der Waals surface area contributed by atoms with Crippen molar-refractivity contribution >= 4 is 0 Å². The monoisotopic (exact) mass is 212 g/mol. The van der Waals surface area contributed by atoms with Gasteiger partial charge < -0.3 is 14.9 Å². The summed E-state index contributed by atoms with van der Waals surface area (Å²) in [6.07, 6.45) is 0.600. The van der Waals surface area contributed by atoms with E-state index in [1.807, 2.05) is 6.07 Å². The molecule has 5 nitrogen and oxygen atoms in total. The lowest BCUT2D eigenvalue weighted by Crippen LogP contribution is -2.54. The molecule has 5 heteroatoms. The average molecular weight is 212 g/mol. The van der Waals surface area contributed by atoms with E-state index in [1.165, 1.54) is 0 Å². The molecule has 0 saturated carbocycles. The smallest absolute Gasteiger partial charge is 0.280 e. The summed E-state index contributed by atoms with van der Waals surface area (Å²) in [5.41, 5.74) is 2.18. The molecule has 0 aromatic heterocycles. The molecule has 0 radical (unpaired) electrons. The van der Waals surface area contributed by atoms with Crippen molar-refractivity contribution in [2.45, 2.75) is 18.8 Å². The zero-order valence-electron chi connectivity index (χ0n) is 8.39. The fourth-order valence-corrected chi connectivity index (χ4v) is 1.15. The van der Waals surface area contributed by atoms with Gasteiger partial charge in [-0.05, 0) is 18.6 Å². The number of rotatable bonds is 6. The van der Waals surface area contributed by atoms with Crippen molar-refractivity contribution in [2.75, 3.05) is 6.61 Å². The number of hydrogen-bond acceptors (Lipinski definition) is 5. The molecule has 1 aromatic carbocycles. The maximum absolute atomic E-state index is 9.84. The van der Waals surface area contributed by atoms with Crippen LogP contribution in [0.3, 0.4) is 0 Å². The van der Waals surface area contributed by atoms with Gasteiger partial charge in [0.1, 0.15) is 5.75 Å². The third-order valence-electron chi connectivity index (χ3n) is 1.93. The number of ether oxygens (including phenoxy) is 1. The van der Waals surface area contributed by atoms with Gasteiger partial charge in [0.2, 0.25) is 0 Å². The highest BCUT2D eigenvalue weighted by Gasteiger charge is 2.26. The summed E-state index contributed by atoms with van der Waals surface area (Å²) in [7, 11) is 0. The first-order chi connectivity index (χ1) is 7.20. The molecule has 0 aliphatic carbocycles. The Kier molecular flexibility index (Phi) is 4.51. The number of nitrogens with two attached hydrogens (primary N) is 1. The average Bonchev–Trinajstić information content (AvgIpc) is 2.28. The molecule has 5 N–H and O–H groups in total. The number of aliphatic hydroxyl groups excluding tert-OH is 1. The maximum atomic E-state index is 9.84. The molecular formula is C10H16N2O3. The van der Waals surface area contributed by atoms with Crippen LogP contribution in [-0.2, 0) is 0 Å². The molecule has 1 unspecified atom stereocenters. The summed E-state index contributed by atoms with van der Waals surface area (Å²) in [5, 5.41) is 18.5. The number of nitrogens with one attached hydrogen (secondary N) is 1. The third kappa shape index (κ3) is 3.85. The molecule has 1 atom stereocenters. The van der Waals surface area contributed by atoms with Gasteiger partial charge in [0.05, 0.1) is 0 Å². The van der Waals surface area contributed by atoms with Gasteiger partial charge in [-0.1, -0.05) is 18.2 Å². The van der Waals surface area contributed by atoms with E-state index in [1.54, 1.807) is 24.3 Å². The van der Waals surface area contributed by atoms with Crippen molar-refractivity contribution < 1.29 is 14.9 Å². The molecule has 0 amide bonds. The Morgan fingerprint density at radius 2 is 2.00 bits per heavy atom. The summed E-state index contributed by atoms with van der Waals surface area (Å²) < 4.78 is 5.26. The van der Waals surface area contributed by atoms with Crippen molar-refractivity contribution in [3.8, 4) is 5.75 Å². The Labute approximate surface area is 88.5 Å². The van der Waals surface area contributed by atoms with E-state index in [2.05, 4.69) is 5.43 Å².